The highest BCUT2D eigenvalue weighted by atomic mass is 16.7. The van der Waals surface area contributed by atoms with E-state index in [1.807, 2.05) is 10.9 Å². The van der Waals surface area contributed by atoms with Crippen molar-refractivity contribution in [2.75, 3.05) is 31.2 Å². The van der Waals surface area contributed by atoms with Crippen molar-refractivity contribution in [3.8, 4) is 11.3 Å². The van der Waals surface area contributed by atoms with Crippen LogP contribution in [0.4, 0.5) is 5.69 Å². The average molecular weight is 385 g/mol. The lowest BCUT2D eigenvalue weighted by Gasteiger charge is -2.48. The van der Waals surface area contributed by atoms with Crippen molar-refractivity contribution in [2.45, 2.75) is 54.4 Å². The zero-order chi connectivity index (χ0) is 20.1. The van der Waals surface area contributed by atoms with Gasteiger partial charge < -0.3 is 14.4 Å². The van der Waals surface area contributed by atoms with Crippen LogP contribution in [0, 0.1) is 24.7 Å². The molecule has 0 bridgehead atoms. The fourth-order valence-electron chi connectivity index (χ4n) is 4.07. The Morgan fingerprint density at radius 3 is 2.32 bits per heavy atom. The maximum Gasteiger partial charge on any atom is 0.177 e. The first-order valence-electron chi connectivity index (χ1n) is 10.1. The predicted molar refractivity (Wildman–Crippen MR) is 110 cm³/mol. The number of hydrogen-bond donors (Lipinski definition) is 0. The Kier molecular flexibility index (Phi) is 4.74. The van der Waals surface area contributed by atoms with E-state index >= 15 is 0 Å². The molecule has 4 rings (SSSR count). The van der Waals surface area contributed by atoms with E-state index in [9.17, 15) is 0 Å². The van der Waals surface area contributed by atoms with Crippen molar-refractivity contribution in [2.24, 2.45) is 10.8 Å². The molecule has 0 aliphatic carbocycles. The van der Waals surface area contributed by atoms with E-state index in [-0.39, 0.29) is 11.7 Å². The quantitative estimate of drug-likeness (QED) is 0.802. The van der Waals surface area contributed by atoms with Crippen LogP contribution >= 0.6 is 0 Å². The van der Waals surface area contributed by atoms with Gasteiger partial charge in [-0.2, -0.15) is 0 Å². The Labute approximate surface area is 167 Å². The largest absolute Gasteiger partial charge is 0.370 e. The summed E-state index contributed by atoms with van der Waals surface area (Å²) >= 11 is 0. The fourth-order valence-corrected chi connectivity index (χ4v) is 4.07. The first kappa shape index (κ1) is 19.4. The average Bonchev–Trinajstić information content (AvgIpc) is 3.04. The Morgan fingerprint density at radius 1 is 1.00 bits per heavy atom. The van der Waals surface area contributed by atoms with E-state index in [1.54, 1.807) is 0 Å². The van der Waals surface area contributed by atoms with Gasteiger partial charge in [-0.1, -0.05) is 32.9 Å². The Balaban J connectivity index is 1.47. The summed E-state index contributed by atoms with van der Waals surface area (Å²) in [7, 11) is 0. The molecule has 2 aliphatic rings. The van der Waals surface area contributed by atoms with Gasteiger partial charge in [0.25, 0.3) is 0 Å². The van der Waals surface area contributed by atoms with Gasteiger partial charge in [0.2, 0.25) is 0 Å². The smallest absolute Gasteiger partial charge is 0.177 e. The van der Waals surface area contributed by atoms with Crippen LogP contribution < -0.4 is 4.90 Å². The highest BCUT2D eigenvalue weighted by molar-refractivity contribution is 5.70. The first-order valence-corrected chi connectivity index (χ1v) is 10.1. The maximum absolute atomic E-state index is 5.82. The highest BCUT2D eigenvalue weighted by Gasteiger charge is 2.35. The van der Waals surface area contributed by atoms with Gasteiger partial charge in [-0.05, 0) is 42.5 Å². The number of anilines is 1. The molecular formula is C22H32N4O2. The molecule has 0 unspecified atom stereocenters. The van der Waals surface area contributed by atoms with E-state index < -0.39 is 0 Å². The normalized spacial score (nSPS) is 21.6. The third-order valence-corrected chi connectivity index (χ3v) is 5.59. The molecule has 6 nitrogen and oxygen atoms in total. The SMILES string of the molecule is Cc1cc(N2CC(C)(C)C2)c(C)cc1-c1cn(CC2OCC(C)(C)CO2)nn1. The summed E-state index contributed by atoms with van der Waals surface area (Å²) in [6.07, 6.45) is 1.73. The zero-order valence-electron chi connectivity index (χ0n) is 18.0. The fraction of sp³-hybridized carbons (Fsp3) is 0.636. The van der Waals surface area contributed by atoms with Gasteiger partial charge in [0.05, 0.1) is 26.0 Å². The molecule has 3 heterocycles. The number of rotatable bonds is 4. The van der Waals surface area contributed by atoms with Crippen LogP contribution in [0.3, 0.4) is 0 Å². The predicted octanol–water partition coefficient (Wildman–Crippen LogP) is 3.81. The lowest BCUT2D eigenvalue weighted by molar-refractivity contribution is -0.227. The minimum absolute atomic E-state index is 0.0755. The van der Waals surface area contributed by atoms with Crippen molar-refractivity contribution < 1.29 is 9.47 Å². The van der Waals surface area contributed by atoms with Crippen LogP contribution in [0.5, 0.6) is 0 Å². The summed E-state index contributed by atoms with van der Waals surface area (Å²) < 4.78 is 13.5. The third kappa shape index (κ3) is 3.94. The topological polar surface area (TPSA) is 52.4 Å². The van der Waals surface area contributed by atoms with E-state index in [0.717, 1.165) is 24.3 Å². The minimum Gasteiger partial charge on any atom is -0.370 e. The number of hydrogen-bond acceptors (Lipinski definition) is 5. The van der Waals surface area contributed by atoms with Gasteiger partial charge in [-0.25, -0.2) is 4.68 Å². The van der Waals surface area contributed by atoms with Crippen LogP contribution in [-0.4, -0.2) is 47.6 Å². The van der Waals surface area contributed by atoms with Gasteiger partial charge in [-0.15, -0.1) is 5.10 Å². The van der Waals surface area contributed by atoms with E-state index in [4.69, 9.17) is 9.47 Å². The number of aryl methyl sites for hydroxylation is 2. The Morgan fingerprint density at radius 2 is 1.68 bits per heavy atom. The molecule has 152 valence electrons. The van der Waals surface area contributed by atoms with Crippen molar-refractivity contribution in [1.82, 2.24) is 15.0 Å². The van der Waals surface area contributed by atoms with Crippen molar-refractivity contribution >= 4 is 5.69 Å². The van der Waals surface area contributed by atoms with Gasteiger partial charge in [0.1, 0.15) is 5.69 Å². The minimum atomic E-state index is -0.262. The first-order chi connectivity index (χ1) is 13.1. The molecule has 0 amide bonds. The monoisotopic (exact) mass is 384 g/mol. The molecule has 2 saturated heterocycles. The lowest BCUT2D eigenvalue weighted by Crippen LogP contribution is -2.53. The molecule has 28 heavy (non-hydrogen) atoms. The standard InChI is InChI=1S/C22H32N4O2/c1-15-8-19(25-11-21(3,4)12-25)16(2)7-17(15)18-9-26(24-23-18)10-20-27-13-22(5,6)14-28-20/h7-9,20H,10-14H2,1-6H3. The maximum atomic E-state index is 5.82. The third-order valence-electron chi connectivity index (χ3n) is 5.59. The Hall–Kier alpha value is -1.92. The molecule has 1 aromatic carbocycles. The molecule has 0 spiro atoms. The van der Waals surface area contributed by atoms with Gasteiger partial charge in [-0.3, -0.25) is 0 Å². The summed E-state index contributed by atoms with van der Waals surface area (Å²) in [5.41, 5.74) is 6.37. The van der Waals surface area contributed by atoms with Gasteiger partial charge in [0.15, 0.2) is 6.29 Å². The number of ether oxygens (including phenoxy) is 2. The van der Waals surface area contributed by atoms with Crippen LogP contribution in [0.25, 0.3) is 11.3 Å². The van der Waals surface area contributed by atoms with Crippen molar-refractivity contribution in [3.63, 3.8) is 0 Å². The summed E-state index contributed by atoms with van der Waals surface area (Å²) in [6, 6.07) is 4.52. The molecular weight excluding hydrogens is 352 g/mol. The zero-order valence-corrected chi connectivity index (χ0v) is 18.0. The molecule has 2 aromatic rings. The molecule has 1 aromatic heterocycles. The molecule has 0 atom stereocenters. The molecule has 2 fully saturated rings. The van der Waals surface area contributed by atoms with Gasteiger partial charge in [0, 0.05) is 29.8 Å². The van der Waals surface area contributed by atoms with Crippen molar-refractivity contribution in [1.29, 1.82) is 0 Å². The van der Waals surface area contributed by atoms with Gasteiger partial charge >= 0.3 is 0 Å². The summed E-state index contributed by atoms with van der Waals surface area (Å²) in [4.78, 5) is 2.46. The molecule has 6 heteroatoms. The molecule has 0 saturated carbocycles. The van der Waals surface area contributed by atoms with Crippen LogP contribution in [0.15, 0.2) is 18.3 Å². The van der Waals surface area contributed by atoms with Crippen LogP contribution in [0.2, 0.25) is 0 Å². The number of benzene rings is 1. The number of aromatic nitrogens is 3. The van der Waals surface area contributed by atoms with Crippen LogP contribution in [0.1, 0.15) is 38.8 Å². The molecule has 0 radical (unpaired) electrons. The van der Waals surface area contributed by atoms with Crippen molar-refractivity contribution in [3.05, 3.63) is 29.5 Å². The second-order valence-electron chi connectivity index (χ2n) is 10.0. The van der Waals surface area contributed by atoms with Crippen LogP contribution in [-0.2, 0) is 16.0 Å². The second kappa shape index (κ2) is 6.85. The second-order valence-corrected chi connectivity index (χ2v) is 10.0. The molecule has 2 aliphatic heterocycles. The number of nitrogens with zero attached hydrogens (tertiary/aromatic N) is 4. The Bertz CT molecular complexity index is 853. The molecule has 0 N–H and O–H groups in total. The lowest BCUT2D eigenvalue weighted by atomic mass is 9.83. The summed E-state index contributed by atoms with van der Waals surface area (Å²) in [5.74, 6) is 0. The van der Waals surface area contributed by atoms with E-state index in [2.05, 4.69) is 68.9 Å². The van der Waals surface area contributed by atoms with E-state index in [0.29, 0.717) is 25.2 Å². The van der Waals surface area contributed by atoms with E-state index in [1.165, 1.54) is 16.8 Å². The summed E-state index contributed by atoms with van der Waals surface area (Å²) in [6.45, 7) is 17.4. The highest BCUT2D eigenvalue weighted by Crippen LogP contribution is 2.37. The summed E-state index contributed by atoms with van der Waals surface area (Å²) in [5, 5.41) is 8.70.